The summed E-state index contributed by atoms with van der Waals surface area (Å²) in [6, 6.07) is 9.86. The maximum absolute atomic E-state index is 12.3. The summed E-state index contributed by atoms with van der Waals surface area (Å²) in [5.41, 5.74) is 0.839. The minimum Gasteiger partial charge on any atom is -0.490 e. The minimum absolute atomic E-state index is 0.0985. The Morgan fingerprint density at radius 1 is 1.15 bits per heavy atom. The molecule has 1 aliphatic carbocycles. The zero-order chi connectivity index (χ0) is 19.1. The first-order valence-electron chi connectivity index (χ1n) is 8.95. The number of carbonyl (C=O) groups is 1. The zero-order valence-electron chi connectivity index (χ0n) is 14.9. The number of sulfonamides is 1. The van der Waals surface area contributed by atoms with Gasteiger partial charge >= 0.3 is 0 Å². The summed E-state index contributed by atoms with van der Waals surface area (Å²) in [5.74, 6) is 0.249. The second kappa shape index (κ2) is 8.96. The average molecular weight is 389 g/mol. The summed E-state index contributed by atoms with van der Waals surface area (Å²) in [7, 11) is -3.76. The van der Waals surface area contributed by atoms with E-state index in [0.29, 0.717) is 12.3 Å². The third-order valence-electron chi connectivity index (χ3n) is 4.37. The summed E-state index contributed by atoms with van der Waals surface area (Å²) in [6.07, 6.45) is 7.91. The number of nitrogens with one attached hydrogen (secondary N) is 2. The topological polar surface area (TPSA) is 97.4 Å². The van der Waals surface area contributed by atoms with E-state index in [9.17, 15) is 13.2 Å². The molecular weight excluding hydrogens is 366 g/mol. The molecular formula is C19H23N3O4S. The van der Waals surface area contributed by atoms with Gasteiger partial charge in [0, 0.05) is 18.9 Å². The van der Waals surface area contributed by atoms with Crippen molar-refractivity contribution in [3.63, 3.8) is 0 Å². The maximum Gasteiger partial charge on any atom is 0.241 e. The number of nitrogens with zero attached hydrogens (tertiary/aromatic N) is 1. The van der Waals surface area contributed by atoms with Gasteiger partial charge in [0.25, 0.3) is 0 Å². The van der Waals surface area contributed by atoms with Crippen molar-refractivity contribution in [3.05, 3.63) is 54.4 Å². The lowest BCUT2D eigenvalue weighted by molar-refractivity contribution is -0.120. The van der Waals surface area contributed by atoms with Crippen LogP contribution in [0.4, 0.5) is 0 Å². The van der Waals surface area contributed by atoms with Crippen molar-refractivity contribution < 1.29 is 17.9 Å². The molecule has 3 rings (SSSR count). The Morgan fingerprint density at radius 2 is 1.89 bits per heavy atom. The Hall–Kier alpha value is -2.45. The number of carbonyl (C=O) groups excluding carboxylic acids is 1. The van der Waals surface area contributed by atoms with Crippen molar-refractivity contribution >= 4 is 15.9 Å². The van der Waals surface area contributed by atoms with Gasteiger partial charge in [-0.3, -0.25) is 9.78 Å². The van der Waals surface area contributed by atoms with Gasteiger partial charge in [0.15, 0.2) is 0 Å². The van der Waals surface area contributed by atoms with Crippen molar-refractivity contribution in [1.29, 1.82) is 0 Å². The third-order valence-corrected chi connectivity index (χ3v) is 5.79. The lowest BCUT2D eigenvalue weighted by Crippen LogP contribution is -2.36. The van der Waals surface area contributed by atoms with Crippen LogP contribution < -0.4 is 14.8 Å². The Morgan fingerprint density at radius 3 is 2.56 bits per heavy atom. The molecule has 27 heavy (non-hydrogen) atoms. The molecule has 0 atom stereocenters. The summed E-state index contributed by atoms with van der Waals surface area (Å²) in [4.78, 5) is 15.9. The largest absolute Gasteiger partial charge is 0.490 e. The van der Waals surface area contributed by atoms with Gasteiger partial charge in [-0.05, 0) is 61.6 Å². The van der Waals surface area contributed by atoms with Crippen molar-refractivity contribution in [2.24, 2.45) is 0 Å². The SMILES string of the molecule is O=C(CNS(=O)(=O)c1ccc(OC2CCCC2)cc1)NCc1cccnc1. The highest BCUT2D eigenvalue weighted by Gasteiger charge is 2.18. The number of hydrogen-bond donors (Lipinski definition) is 2. The molecule has 1 aromatic heterocycles. The van der Waals surface area contributed by atoms with Crippen LogP contribution in [-0.4, -0.2) is 32.0 Å². The first-order valence-corrected chi connectivity index (χ1v) is 10.4. The van der Waals surface area contributed by atoms with E-state index in [1.807, 2.05) is 6.07 Å². The average Bonchev–Trinajstić information content (AvgIpc) is 3.19. The van der Waals surface area contributed by atoms with Crippen molar-refractivity contribution in [3.8, 4) is 5.75 Å². The van der Waals surface area contributed by atoms with E-state index in [4.69, 9.17) is 4.74 Å². The van der Waals surface area contributed by atoms with E-state index in [1.54, 1.807) is 30.6 Å². The van der Waals surface area contributed by atoms with E-state index in [0.717, 1.165) is 18.4 Å². The summed E-state index contributed by atoms with van der Waals surface area (Å²) in [6.45, 7) is -0.0372. The Kier molecular flexibility index (Phi) is 6.41. The molecule has 7 nitrogen and oxygen atoms in total. The van der Waals surface area contributed by atoms with Gasteiger partial charge in [-0.2, -0.15) is 0 Å². The standard InChI is InChI=1S/C19H23N3O4S/c23-19(21-13-15-4-3-11-20-12-15)14-22-27(24,25)18-9-7-17(8-10-18)26-16-5-1-2-6-16/h3-4,7-12,16,22H,1-2,5-6,13-14H2,(H,21,23). The molecule has 0 bridgehead atoms. The fourth-order valence-electron chi connectivity index (χ4n) is 2.91. The predicted molar refractivity (Wildman–Crippen MR) is 101 cm³/mol. The molecule has 0 aliphatic heterocycles. The highest BCUT2D eigenvalue weighted by molar-refractivity contribution is 7.89. The number of aromatic nitrogens is 1. The van der Waals surface area contributed by atoms with Gasteiger partial charge in [-0.25, -0.2) is 13.1 Å². The molecule has 0 radical (unpaired) electrons. The van der Waals surface area contributed by atoms with Gasteiger partial charge in [0.2, 0.25) is 15.9 Å². The molecule has 1 fully saturated rings. The van der Waals surface area contributed by atoms with Crippen LogP contribution >= 0.6 is 0 Å². The normalized spacial score (nSPS) is 14.8. The number of rotatable bonds is 8. The fraction of sp³-hybridized carbons (Fsp3) is 0.368. The van der Waals surface area contributed by atoms with Crippen LogP contribution in [0.5, 0.6) is 5.75 Å². The molecule has 1 aromatic carbocycles. The number of amides is 1. The number of ether oxygens (including phenoxy) is 1. The second-order valence-corrected chi connectivity index (χ2v) is 8.23. The third kappa shape index (κ3) is 5.77. The van der Waals surface area contributed by atoms with Gasteiger partial charge in [0.1, 0.15) is 5.75 Å². The Balaban J connectivity index is 1.49. The highest BCUT2D eigenvalue weighted by Crippen LogP contribution is 2.24. The van der Waals surface area contributed by atoms with Crippen LogP contribution in [0.15, 0.2) is 53.7 Å². The summed E-state index contributed by atoms with van der Waals surface area (Å²) in [5, 5.41) is 2.65. The number of pyridine rings is 1. The van der Waals surface area contributed by atoms with E-state index >= 15 is 0 Å². The van der Waals surface area contributed by atoms with Crippen molar-refractivity contribution in [2.75, 3.05) is 6.54 Å². The summed E-state index contributed by atoms with van der Waals surface area (Å²) >= 11 is 0. The smallest absolute Gasteiger partial charge is 0.241 e. The van der Waals surface area contributed by atoms with Crippen molar-refractivity contribution in [1.82, 2.24) is 15.0 Å². The van der Waals surface area contributed by atoms with Crippen LogP contribution in [0.2, 0.25) is 0 Å². The van der Waals surface area contributed by atoms with Gasteiger partial charge < -0.3 is 10.1 Å². The molecule has 1 saturated carbocycles. The Labute approximate surface area is 159 Å². The van der Waals surface area contributed by atoms with Crippen LogP contribution in [0.3, 0.4) is 0 Å². The molecule has 0 saturated heterocycles. The summed E-state index contributed by atoms with van der Waals surface area (Å²) < 4.78 is 32.8. The number of hydrogen-bond acceptors (Lipinski definition) is 5. The minimum atomic E-state index is -3.76. The fourth-order valence-corrected chi connectivity index (χ4v) is 3.89. The maximum atomic E-state index is 12.3. The lowest BCUT2D eigenvalue weighted by atomic mass is 10.3. The molecule has 1 amide bonds. The van der Waals surface area contributed by atoms with Crippen LogP contribution in [0.1, 0.15) is 31.2 Å². The first-order chi connectivity index (χ1) is 13.0. The monoisotopic (exact) mass is 389 g/mol. The van der Waals surface area contributed by atoms with E-state index in [-0.39, 0.29) is 17.5 Å². The van der Waals surface area contributed by atoms with Gasteiger partial charge in [0.05, 0.1) is 17.5 Å². The predicted octanol–water partition coefficient (Wildman–Crippen LogP) is 2.00. The van der Waals surface area contributed by atoms with Crippen LogP contribution in [0.25, 0.3) is 0 Å². The Bertz CT molecular complexity index is 848. The van der Waals surface area contributed by atoms with Crippen LogP contribution in [0, 0.1) is 0 Å². The van der Waals surface area contributed by atoms with Crippen LogP contribution in [-0.2, 0) is 21.4 Å². The molecule has 1 heterocycles. The molecule has 1 aliphatic rings. The molecule has 2 aromatic rings. The molecule has 0 unspecified atom stereocenters. The van der Waals surface area contributed by atoms with E-state index < -0.39 is 15.9 Å². The second-order valence-electron chi connectivity index (χ2n) is 6.46. The van der Waals surface area contributed by atoms with E-state index in [1.165, 1.54) is 25.0 Å². The molecule has 0 spiro atoms. The van der Waals surface area contributed by atoms with Crippen molar-refractivity contribution in [2.45, 2.75) is 43.2 Å². The van der Waals surface area contributed by atoms with E-state index in [2.05, 4.69) is 15.0 Å². The molecule has 144 valence electrons. The number of benzene rings is 1. The lowest BCUT2D eigenvalue weighted by Gasteiger charge is -2.13. The first kappa shape index (κ1) is 19.3. The van der Waals surface area contributed by atoms with Gasteiger partial charge in [-0.15, -0.1) is 0 Å². The molecule has 2 N–H and O–H groups in total. The molecule has 8 heteroatoms. The quantitative estimate of drug-likeness (QED) is 0.720. The zero-order valence-corrected chi connectivity index (χ0v) is 15.7. The highest BCUT2D eigenvalue weighted by atomic mass is 32.2. The van der Waals surface area contributed by atoms with Gasteiger partial charge in [-0.1, -0.05) is 6.07 Å².